The molecule has 2 aromatic rings. The first kappa shape index (κ1) is 13.4. The molecule has 2 aliphatic heterocycles. The molecule has 1 aromatic heterocycles. The van der Waals surface area contributed by atoms with E-state index in [1.807, 2.05) is 7.11 Å². The van der Waals surface area contributed by atoms with Crippen LogP contribution in [0.25, 0.3) is 11.0 Å². The molecule has 0 N–H and O–H groups in total. The first-order valence-electron chi connectivity index (χ1n) is 8.00. The van der Waals surface area contributed by atoms with Crippen molar-refractivity contribution < 1.29 is 9.15 Å². The molecule has 21 heavy (non-hydrogen) atoms. The minimum atomic E-state index is -0.0130. The number of benzene rings is 1. The second kappa shape index (κ2) is 4.85. The summed E-state index contributed by atoms with van der Waals surface area (Å²) in [7, 11) is 1.81. The fraction of sp³-hybridized carbons (Fsp3) is 0.556. The van der Waals surface area contributed by atoms with Gasteiger partial charge in [0.1, 0.15) is 11.3 Å². The summed E-state index contributed by atoms with van der Waals surface area (Å²) in [5.74, 6) is 1.70. The fourth-order valence-electron chi connectivity index (χ4n) is 4.42. The number of fused-ring (bicyclic) bond motifs is 5. The number of furan rings is 1. The standard InChI is InChI=1S/C18H23NO2/c1-18-13(12-20-2)6-5-10-19(18)11-9-15-14-7-3-4-8-16(14)21-17(15)18/h3-4,7-8,13H,5-6,9-12H2,1-2H3/t13-,18?/m0/s1. The van der Waals surface area contributed by atoms with Gasteiger partial charge in [-0.15, -0.1) is 0 Å². The van der Waals surface area contributed by atoms with E-state index in [0.29, 0.717) is 5.92 Å². The van der Waals surface area contributed by atoms with Crippen LogP contribution in [0.5, 0.6) is 0 Å². The predicted octanol–water partition coefficient (Wildman–Crippen LogP) is 3.56. The number of hydrogen-bond donors (Lipinski definition) is 0. The third-order valence-corrected chi connectivity index (χ3v) is 5.59. The Morgan fingerprint density at radius 1 is 1.33 bits per heavy atom. The molecule has 2 aliphatic rings. The SMILES string of the molecule is COC[C@@H]1CCCN2CCc3c(oc4ccccc34)C12C. The van der Waals surface area contributed by atoms with Crippen LogP contribution in [0, 0.1) is 5.92 Å². The van der Waals surface area contributed by atoms with Crippen LogP contribution in [-0.2, 0) is 16.7 Å². The molecule has 1 saturated heterocycles. The first-order valence-corrected chi connectivity index (χ1v) is 8.00. The molecule has 3 heterocycles. The maximum absolute atomic E-state index is 6.34. The van der Waals surface area contributed by atoms with Crippen molar-refractivity contribution in [3.63, 3.8) is 0 Å². The molecule has 4 rings (SSSR count). The van der Waals surface area contributed by atoms with Crippen molar-refractivity contribution in [1.82, 2.24) is 4.90 Å². The van der Waals surface area contributed by atoms with Crippen molar-refractivity contribution >= 4 is 11.0 Å². The van der Waals surface area contributed by atoms with E-state index in [1.165, 1.54) is 36.1 Å². The Bertz CT molecular complexity index is 660. The average Bonchev–Trinajstić information content (AvgIpc) is 2.88. The molecule has 3 heteroatoms. The van der Waals surface area contributed by atoms with Crippen LogP contribution in [0.1, 0.15) is 31.1 Å². The lowest BCUT2D eigenvalue weighted by atomic mass is 9.72. The quantitative estimate of drug-likeness (QED) is 0.843. The fourth-order valence-corrected chi connectivity index (χ4v) is 4.42. The van der Waals surface area contributed by atoms with E-state index in [-0.39, 0.29) is 5.54 Å². The van der Waals surface area contributed by atoms with E-state index in [9.17, 15) is 0 Å². The maximum Gasteiger partial charge on any atom is 0.134 e. The molecule has 0 aliphatic carbocycles. The van der Waals surface area contributed by atoms with Gasteiger partial charge in [-0.2, -0.15) is 0 Å². The maximum atomic E-state index is 6.34. The molecule has 0 amide bonds. The second-order valence-corrected chi connectivity index (χ2v) is 6.58. The predicted molar refractivity (Wildman–Crippen MR) is 83.4 cm³/mol. The Morgan fingerprint density at radius 2 is 2.19 bits per heavy atom. The van der Waals surface area contributed by atoms with Gasteiger partial charge in [0.15, 0.2) is 0 Å². The van der Waals surface area contributed by atoms with Crippen LogP contribution >= 0.6 is 0 Å². The van der Waals surface area contributed by atoms with Crippen LogP contribution < -0.4 is 0 Å². The van der Waals surface area contributed by atoms with Gasteiger partial charge in [-0.05, 0) is 38.8 Å². The first-order chi connectivity index (χ1) is 10.2. The Morgan fingerprint density at radius 3 is 3.05 bits per heavy atom. The van der Waals surface area contributed by atoms with Crippen LogP contribution in [0.2, 0.25) is 0 Å². The monoisotopic (exact) mass is 285 g/mol. The number of nitrogens with zero attached hydrogens (tertiary/aromatic N) is 1. The smallest absolute Gasteiger partial charge is 0.134 e. The van der Waals surface area contributed by atoms with Gasteiger partial charge in [0, 0.05) is 30.5 Å². The molecule has 1 fully saturated rings. The van der Waals surface area contributed by atoms with Crippen molar-refractivity contribution in [2.24, 2.45) is 5.92 Å². The zero-order valence-electron chi connectivity index (χ0n) is 12.9. The highest BCUT2D eigenvalue weighted by Gasteiger charge is 2.49. The summed E-state index contributed by atoms with van der Waals surface area (Å²) in [5, 5.41) is 1.30. The molecular weight excluding hydrogens is 262 g/mol. The highest BCUT2D eigenvalue weighted by Crippen LogP contribution is 2.48. The third-order valence-electron chi connectivity index (χ3n) is 5.59. The molecule has 0 radical (unpaired) electrons. The van der Waals surface area contributed by atoms with E-state index in [4.69, 9.17) is 9.15 Å². The molecule has 112 valence electrons. The Balaban J connectivity index is 1.90. The van der Waals surface area contributed by atoms with Gasteiger partial charge in [0.25, 0.3) is 0 Å². The molecule has 0 bridgehead atoms. The topological polar surface area (TPSA) is 25.6 Å². The Kier molecular flexibility index (Phi) is 3.09. The lowest BCUT2D eigenvalue weighted by Crippen LogP contribution is -2.56. The summed E-state index contributed by atoms with van der Waals surface area (Å²) in [6.07, 6.45) is 3.58. The third kappa shape index (κ3) is 1.80. The Labute approximate surface area is 125 Å². The molecule has 0 spiro atoms. The van der Waals surface area contributed by atoms with Gasteiger partial charge in [0.05, 0.1) is 12.1 Å². The highest BCUT2D eigenvalue weighted by molar-refractivity contribution is 5.83. The molecule has 2 atom stereocenters. The van der Waals surface area contributed by atoms with Crippen LogP contribution in [0.3, 0.4) is 0 Å². The minimum Gasteiger partial charge on any atom is -0.459 e. The summed E-state index contributed by atoms with van der Waals surface area (Å²) in [6, 6.07) is 8.46. The van der Waals surface area contributed by atoms with Crippen molar-refractivity contribution in [1.29, 1.82) is 0 Å². The summed E-state index contributed by atoms with van der Waals surface area (Å²) >= 11 is 0. The van der Waals surface area contributed by atoms with E-state index >= 15 is 0 Å². The van der Waals surface area contributed by atoms with E-state index < -0.39 is 0 Å². The van der Waals surface area contributed by atoms with Gasteiger partial charge in [-0.25, -0.2) is 0 Å². The molecule has 3 nitrogen and oxygen atoms in total. The number of piperidine rings is 1. The summed E-state index contributed by atoms with van der Waals surface area (Å²) in [5.41, 5.74) is 2.44. The normalized spacial score (nSPS) is 29.3. The van der Waals surface area contributed by atoms with Crippen LogP contribution in [0.4, 0.5) is 0 Å². The number of rotatable bonds is 2. The van der Waals surface area contributed by atoms with Gasteiger partial charge < -0.3 is 9.15 Å². The number of ether oxygens (including phenoxy) is 1. The minimum absolute atomic E-state index is 0.0130. The lowest BCUT2D eigenvalue weighted by Gasteiger charge is -2.51. The number of hydrogen-bond acceptors (Lipinski definition) is 3. The summed E-state index contributed by atoms with van der Waals surface area (Å²) < 4.78 is 11.9. The largest absolute Gasteiger partial charge is 0.459 e. The molecule has 0 saturated carbocycles. The zero-order chi connectivity index (χ0) is 14.4. The molecular formula is C18H23NO2. The second-order valence-electron chi connectivity index (χ2n) is 6.58. The lowest BCUT2D eigenvalue weighted by molar-refractivity contribution is -0.0490. The van der Waals surface area contributed by atoms with E-state index in [2.05, 4.69) is 36.1 Å². The van der Waals surface area contributed by atoms with E-state index in [0.717, 1.165) is 25.2 Å². The van der Waals surface area contributed by atoms with Gasteiger partial charge in [-0.1, -0.05) is 18.2 Å². The van der Waals surface area contributed by atoms with Crippen LogP contribution in [0.15, 0.2) is 28.7 Å². The van der Waals surface area contributed by atoms with Gasteiger partial charge >= 0.3 is 0 Å². The van der Waals surface area contributed by atoms with Crippen molar-refractivity contribution in [3.8, 4) is 0 Å². The van der Waals surface area contributed by atoms with Gasteiger partial charge in [0.2, 0.25) is 0 Å². The molecule has 1 unspecified atom stereocenters. The molecule has 1 aromatic carbocycles. The van der Waals surface area contributed by atoms with Crippen molar-refractivity contribution in [2.75, 3.05) is 26.8 Å². The summed E-state index contributed by atoms with van der Waals surface area (Å²) in [6.45, 7) is 5.47. The summed E-state index contributed by atoms with van der Waals surface area (Å²) in [4.78, 5) is 2.62. The average molecular weight is 285 g/mol. The van der Waals surface area contributed by atoms with Crippen molar-refractivity contribution in [2.45, 2.75) is 31.7 Å². The van der Waals surface area contributed by atoms with Crippen LogP contribution in [-0.4, -0.2) is 31.7 Å². The number of methoxy groups -OCH3 is 1. The number of para-hydroxylation sites is 1. The zero-order valence-corrected chi connectivity index (χ0v) is 12.9. The van der Waals surface area contributed by atoms with E-state index in [1.54, 1.807) is 0 Å². The van der Waals surface area contributed by atoms with Gasteiger partial charge in [-0.3, -0.25) is 4.90 Å². The highest BCUT2D eigenvalue weighted by atomic mass is 16.5. The Hall–Kier alpha value is -1.32. The van der Waals surface area contributed by atoms with Crippen molar-refractivity contribution in [3.05, 3.63) is 35.6 Å².